The van der Waals surface area contributed by atoms with Gasteiger partial charge in [0.25, 0.3) is 0 Å². The van der Waals surface area contributed by atoms with Gasteiger partial charge in [-0.3, -0.25) is 14.7 Å². The molecule has 2 amide bonds. The van der Waals surface area contributed by atoms with Crippen LogP contribution in [0.5, 0.6) is 0 Å². The molecule has 3 heterocycles. The number of aromatic nitrogens is 3. The average molecular weight is 302 g/mol. The highest BCUT2D eigenvalue weighted by atomic mass is 16.2. The smallest absolute Gasteiger partial charge is 0.236 e. The summed E-state index contributed by atoms with van der Waals surface area (Å²) < 4.78 is 0. The Balaban J connectivity index is 1.64. The molecule has 0 aliphatic carbocycles. The molecule has 1 aliphatic rings. The van der Waals surface area contributed by atoms with Crippen LogP contribution in [-0.4, -0.2) is 51.5 Å². The van der Waals surface area contributed by atoms with E-state index in [0.29, 0.717) is 37.3 Å². The summed E-state index contributed by atoms with van der Waals surface area (Å²) in [5.41, 5.74) is 6.70. The van der Waals surface area contributed by atoms with Crippen molar-refractivity contribution in [3.8, 4) is 0 Å². The number of fused-ring (bicyclic) bond motifs is 1. The summed E-state index contributed by atoms with van der Waals surface area (Å²) in [7, 11) is 0. The Kier molecular flexibility index (Phi) is 4.01. The van der Waals surface area contributed by atoms with Gasteiger partial charge in [-0.1, -0.05) is 0 Å². The Morgan fingerprint density at radius 2 is 2.18 bits per heavy atom. The number of pyridine rings is 1. The van der Waals surface area contributed by atoms with Crippen molar-refractivity contribution >= 4 is 28.5 Å². The maximum Gasteiger partial charge on any atom is 0.236 e. The average Bonchev–Trinajstić information content (AvgIpc) is 3.04. The van der Waals surface area contributed by atoms with Crippen LogP contribution < -0.4 is 11.1 Å². The summed E-state index contributed by atoms with van der Waals surface area (Å²) in [4.78, 5) is 29.8. The van der Waals surface area contributed by atoms with Crippen LogP contribution in [0.25, 0.3) is 11.0 Å². The Morgan fingerprint density at radius 3 is 2.91 bits per heavy atom. The molecule has 116 valence electrons. The molecular weight excluding hydrogens is 284 g/mol. The fraction of sp³-hybridized carbons (Fsp3) is 0.429. The summed E-state index contributed by atoms with van der Waals surface area (Å²) in [6.07, 6.45) is 4.56. The fourth-order valence-corrected chi connectivity index (χ4v) is 2.71. The van der Waals surface area contributed by atoms with Crippen LogP contribution in [0.2, 0.25) is 0 Å². The number of hydrogen-bond donors (Lipinski definition) is 3. The summed E-state index contributed by atoms with van der Waals surface area (Å²) in [6.45, 7) is 1.17. The van der Waals surface area contributed by atoms with Gasteiger partial charge in [0.15, 0.2) is 5.65 Å². The first-order valence-corrected chi connectivity index (χ1v) is 7.26. The number of nitrogens with zero attached hydrogens (tertiary/aromatic N) is 3. The fourth-order valence-electron chi connectivity index (χ4n) is 2.71. The number of carbonyl (C=O) groups excluding carboxylic acids is 2. The molecule has 3 rings (SSSR count). The van der Waals surface area contributed by atoms with Gasteiger partial charge in [0.2, 0.25) is 11.8 Å². The third-order valence-electron chi connectivity index (χ3n) is 4.01. The van der Waals surface area contributed by atoms with E-state index in [1.165, 1.54) is 0 Å². The van der Waals surface area contributed by atoms with Crippen molar-refractivity contribution in [2.45, 2.75) is 12.8 Å². The number of rotatable bonds is 3. The topological polar surface area (TPSA) is 117 Å². The minimum atomic E-state index is -0.100. The Labute approximate surface area is 127 Å². The molecule has 0 aromatic carbocycles. The number of amides is 2. The molecule has 1 fully saturated rings. The number of carbonyl (C=O) groups is 2. The normalized spacial score (nSPS) is 16.0. The maximum atomic E-state index is 12.4. The highest BCUT2D eigenvalue weighted by molar-refractivity contribution is 6.00. The zero-order chi connectivity index (χ0) is 15.5. The predicted molar refractivity (Wildman–Crippen MR) is 80.9 cm³/mol. The minimum absolute atomic E-state index is 0.0202. The maximum absolute atomic E-state index is 12.4. The van der Waals surface area contributed by atoms with E-state index in [2.05, 4.69) is 20.5 Å². The van der Waals surface area contributed by atoms with Crippen LogP contribution >= 0.6 is 0 Å². The Morgan fingerprint density at radius 1 is 1.41 bits per heavy atom. The first kappa shape index (κ1) is 14.5. The van der Waals surface area contributed by atoms with Crippen LogP contribution in [0.3, 0.4) is 0 Å². The van der Waals surface area contributed by atoms with E-state index in [4.69, 9.17) is 5.73 Å². The molecule has 8 heteroatoms. The highest BCUT2D eigenvalue weighted by Gasteiger charge is 2.27. The van der Waals surface area contributed by atoms with Gasteiger partial charge in [-0.2, -0.15) is 5.10 Å². The third-order valence-corrected chi connectivity index (χ3v) is 4.01. The van der Waals surface area contributed by atoms with Crippen LogP contribution in [0.4, 0.5) is 5.69 Å². The Bertz CT molecular complexity index is 689. The summed E-state index contributed by atoms with van der Waals surface area (Å²) in [6, 6.07) is 1.75. The Hall–Kier alpha value is -2.48. The van der Waals surface area contributed by atoms with Crippen LogP contribution in [0, 0.1) is 5.92 Å². The molecule has 0 unspecified atom stereocenters. The van der Waals surface area contributed by atoms with Crippen molar-refractivity contribution in [2.24, 2.45) is 11.7 Å². The van der Waals surface area contributed by atoms with Gasteiger partial charge in [-0.25, -0.2) is 4.98 Å². The SMILES string of the molecule is NCC(=O)N1CCC(C(=O)Nc2ccnc3[nH]ncc23)CC1. The molecule has 0 bridgehead atoms. The lowest BCUT2D eigenvalue weighted by atomic mass is 9.95. The van der Waals surface area contributed by atoms with Crippen molar-refractivity contribution in [3.63, 3.8) is 0 Å². The molecule has 22 heavy (non-hydrogen) atoms. The molecular formula is C14H18N6O2. The number of nitrogens with one attached hydrogen (secondary N) is 2. The zero-order valence-electron chi connectivity index (χ0n) is 12.1. The highest BCUT2D eigenvalue weighted by Crippen LogP contribution is 2.23. The largest absolute Gasteiger partial charge is 0.342 e. The third kappa shape index (κ3) is 2.77. The standard InChI is InChI=1S/C14H18N6O2/c15-7-12(21)20-5-2-9(3-6-20)14(22)18-11-1-4-16-13-10(11)8-17-19-13/h1,4,8-9H,2-3,5-7,15H2,(H2,16,17,18,19,22). The molecule has 0 atom stereocenters. The van der Waals surface area contributed by atoms with Crippen LogP contribution in [0.1, 0.15) is 12.8 Å². The minimum Gasteiger partial charge on any atom is -0.342 e. The number of aromatic amines is 1. The van der Waals surface area contributed by atoms with Gasteiger partial charge in [0.1, 0.15) is 0 Å². The van der Waals surface area contributed by atoms with E-state index in [0.717, 1.165) is 5.39 Å². The van der Waals surface area contributed by atoms with Gasteiger partial charge in [0.05, 0.1) is 23.8 Å². The summed E-state index contributed by atoms with van der Waals surface area (Å²) in [5.74, 6) is -0.196. The zero-order valence-corrected chi connectivity index (χ0v) is 12.1. The monoisotopic (exact) mass is 302 g/mol. The van der Waals surface area contributed by atoms with E-state index in [-0.39, 0.29) is 24.3 Å². The van der Waals surface area contributed by atoms with E-state index >= 15 is 0 Å². The van der Waals surface area contributed by atoms with Crippen molar-refractivity contribution < 1.29 is 9.59 Å². The lowest BCUT2D eigenvalue weighted by molar-refractivity contribution is -0.133. The number of likely N-dealkylation sites (tertiary alicyclic amines) is 1. The van der Waals surface area contributed by atoms with E-state index < -0.39 is 0 Å². The molecule has 1 aliphatic heterocycles. The molecule has 4 N–H and O–H groups in total. The number of anilines is 1. The molecule has 1 saturated heterocycles. The molecule has 2 aromatic rings. The van der Waals surface area contributed by atoms with Crippen molar-refractivity contribution in [1.82, 2.24) is 20.1 Å². The number of piperidine rings is 1. The van der Waals surface area contributed by atoms with Crippen molar-refractivity contribution in [1.29, 1.82) is 0 Å². The molecule has 0 saturated carbocycles. The molecule has 8 nitrogen and oxygen atoms in total. The quantitative estimate of drug-likeness (QED) is 0.743. The van der Waals surface area contributed by atoms with Crippen LogP contribution in [0.15, 0.2) is 18.5 Å². The van der Waals surface area contributed by atoms with Crippen molar-refractivity contribution in [3.05, 3.63) is 18.5 Å². The predicted octanol–water partition coefficient (Wildman–Crippen LogP) is 0.0937. The second kappa shape index (κ2) is 6.10. The van der Waals surface area contributed by atoms with E-state index in [1.54, 1.807) is 23.4 Å². The first-order chi connectivity index (χ1) is 10.7. The number of H-pyrrole nitrogens is 1. The van der Waals surface area contributed by atoms with E-state index in [1.807, 2.05) is 0 Å². The molecule has 0 radical (unpaired) electrons. The lowest BCUT2D eigenvalue weighted by Crippen LogP contribution is -2.43. The van der Waals surface area contributed by atoms with Gasteiger partial charge in [-0.05, 0) is 18.9 Å². The lowest BCUT2D eigenvalue weighted by Gasteiger charge is -2.31. The van der Waals surface area contributed by atoms with E-state index in [9.17, 15) is 9.59 Å². The van der Waals surface area contributed by atoms with Gasteiger partial charge in [-0.15, -0.1) is 0 Å². The second-order valence-electron chi connectivity index (χ2n) is 5.34. The summed E-state index contributed by atoms with van der Waals surface area (Å²) >= 11 is 0. The molecule has 0 spiro atoms. The number of hydrogen-bond acceptors (Lipinski definition) is 5. The van der Waals surface area contributed by atoms with Gasteiger partial charge < -0.3 is 16.0 Å². The van der Waals surface area contributed by atoms with Gasteiger partial charge >= 0.3 is 0 Å². The number of nitrogens with two attached hydrogens (primary N) is 1. The van der Waals surface area contributed by atoms with Crippen LogP contribution in [-0.2, 0) is 9.59 Å². The first-order valence-electron chi connectivity index (χ1n) is 7.26. The summed E-state index contributed by atoms with van der Waals surface area (Å²) in [5, 5.41) is 10.4. The second-order valence-corrected chi connectivity index (χ2v) is 5.34. The molecule has 2 aromatic heterocycles. The van der Waals surface area contributed by atoms with Crippen molar-refractivity contribution in [2.75, 3.05) is 25.0 Å². The van der Waals surface area contributed by atoms with Gasteiger partial charge in [0, 0.05) is 25.2 Å².